The van der Waals surface area contributed by atoms with Gasteiger partial charge in [0.15, 0.2) is 11.4 Å². The molecule has 1 heterocycles. The molecular formula is C11H12N2O5. The number of nitro groups is 1. The normalized spacial score (nSPS) is 16.1. The van der Waals surface area contributed by atoms with Gasteiger partial charge in [-0.2, -0.15) is 0 Å². The molecule has 1 aromatic rings. The van der Waals surface area contributed by atoms with E-state index >= 15 is 0 Å². The molecule has 2 N–H and O–H groups in total. The molecule has 1 aliphatic heterocycles. The summed E-state index contributed by atoms with van der Waals surface area (Å²) in [5.41, 5.74) is -0.677. The highest BCUT2D eigenvalue weighted by atomic mass is 16.6. The Morgan fingerprint density at radius 3 is 2.78 bits per heavy atom. The van der Waals surface area contributed by atoms with Crippen molar-refractivity contribution in [3.8, 4) is 5.75 Å². The molecule has 7 heteroatoms. The maximum absolute atomic E-state index is 11.0. The van der Waals surface area contributed by atoms with Gasteiger partial charge in [0.2, 0.25) is 0 Å². The standard InChI is InChI=1S/C11H12N2O5/c1-11(2)5-18-8-4-6(10(14)15)3-7(13(16)17)9(8)12-11/h3-4,12H,5H2,1-2H3,(H,14,15). The fourth-order valence-corrected chi connectivity index (χ4v) is 1.74. The van der Waals surface area contributed by atoms with Crippen LogP contribution in [0.4, 0.5) is 11.4 Å². The van der Waals surface area contributed by atoms with Crippen LogP contribution in [0.5, 0.6) is 5.75 Å². The Balaban J connectivity index is 2.60. The van der Waals surface area contributed by atoms with Crippen LogP contribution in [0.1, 0.15) is 24.2 Å². The molecule has 0 radical (unpaired) electrons. The number of benzene rings is 1. The van der Waals surface area contributed by atoms with E-state index in [0.717, 1.165) is 6.07 Å². The topological polar surface area (TPSA) is 102 Å². The zero-order chi connectivity index (χ0) is 13.5. The number of aromatic carboxylic acids is 1. The van der Waals surface area contributed by atoms with Gasteiger partial charge in [-0.05, 0) is 19.9 Å². The molecule has 0 saturated heterocycles. The molecule has 96 valence electrons. The number of nitrogens with one attached hydrogen (secondary N) is 1. The summed E-state index contributed by atoms with van der Waals surface area (Å²) in [6, 6.07) is 2.31. The number of nitrogens with zero attached hydrogens (tertiary/aromatic N) is 1. The first-order valence-corrected chi connectivity index (χ1v) is 5.27. The quantitative estimate of drug-likeness (QED) is 0.615. The van der Waals surface area contributed by atoms with Crippen molar-refractivity contribution in [1.29, 1.82) is 0 Å². The molecule has 0 saturated carbocycles. The van der Waals surface area contributed by atoms with Gasteiger partial charge in [-0.3, -0.25) is 10.1 Å². The Labute approximate surface area is 103 Å². The van der Waals surface area contributed by atoms with Crippen molar-refractivity contribution in [3.05, 3.63) is 27.8 Å². The summed E-state index contributed by atoms with van der Waals surface area (Å²) in [4.78, 5) is 21.2. The highest BCUT2D eigenvalue weighted by molar-refractivity contribution is 5.91. The Bertz CT molecular complexity index is 538. The second-order valence-corrected chi connectivity index (χ2v) is 4.73. The van der Waals surface area contributed by atoms with E-state index in [1.165, 1.54) is 6.07 Å². The van der Waals surface area contributed by atoms with Crippen molar-refractivity contribution in [2.24, 2.45) is 0 Å². The van der Waals surface area contributed by atoms with Gasteiger partial charge < -0.3 is 15.2 Å². The predicted octanol–water partition coefficient (Wildman–Crippen LogP) is 1.88. The van der Waals surface area contributed by atoms with E-state index < -0.39 is 16.4 Å². The SMILES string of the molecule is CC1(C)COc2cc(C(=O)O)cc([N+](=O)[O-])c2N1. The Morgan fingerprint density at radius 2 is 2.22 bits per heavy atom. The summed E-state index contributed by atoms with van der Waals surface area (Å²) in [6.07, 6.45) is 0. The number of fused-ring (bicyclic) bond motifs is 1. The molecule has 7 nitrogen and oxygen atoms in total. The number of anilines is 1. The molecule has 0 spiro atoms. The lowest BCUT2D eigenvalue weighted by Gasteiger charge is -2.33. The first kappa shape index (κ1) is 12.2. The number of rotatable bonds is 2. The van der Waals surface area contributed by atoms with E-state index in [2.05, 4.69) is 5.32 Å². The maximum Gasteiger partial charge on any atom is 0.336 e. The Morgan fingerprint density at radius 1 is 1.56 bits per heavy atom. The minimum atomic E-state index is -1.23. The molecule has 1 aliphatic rings. The number of nitro benzene ring substituents is 1. The van der Waals surface area contributed by atoms with Crippen molar-refractivity contribution in [3.63, 3.8) is 0 Å². The molecule has 0 aromatic heterocycles. The van der Waals surface area contributed by atoms with E-state index in [-0.39, 0.29) is 22.7 Å². The molecule has 0 aliphatic carbocycles. The van der Waals surface area contributed by atoms with Crippen molar-refractivity contribution in [1.82, 2.24) is 0 Å². The number of carboxylic acids is 1. The van der Waals surface area contributed by atoms with Crippen molar-refractivity contribution < 1.29 is 19.6 Å². The van der Waals surface area contributed by atoms with Gasteiger partial charge in [0, 0.05) is 6.07 Å². The van der Waals surface area contributed by atoms with Crippen LogP contribution < -0.4 is 10.1 Å². The molecule has 2 rings (SSSR count). The summed E-state index contributed by atoms with van der Waals surface area (Å²) < 4.78 is 5.39. The van der Waals surface area contributed by atoms with Gasteiger partial charge in [0.1, 0.15) is 6.61 Å². The highest BCUT2D eigenvalue weighted by Crippen LogP contribution is 2.40. The fourth-order valence-electron chi connectivity index (χ4n) is 1.74. The summed E-state index contributed by atoms with van der Waals surface area (Å²) in [6.45, 7) is 3.98. The Hall–Kier alpha value is -2.31. The van der Waals surface area contributed by atoms with Crippen LogP contribution >= 0.6 is 0 Å². The summed E-state index contributed by atoms with van der Waals surface area (Å²) in [5, 5.41) is 22.9. The van der Waals surface area contributed by atoms with Crippen LogP contribution in [0.15, 0.2) is 12.1 Å². The number of carbonyl (C=O) groups is 1. The van der Waals surface area contributed by atoms with Crippen LogP contribution in [0.3, 0.4) is 0 Å². The molecule has 0 fully saturated rings. The lowest BCUT2D eigenvalue weighted by atomic mass is 10.0. The van der Waals surface area contributed by atoms with Crippen LogP contribution in [0.2, 0.25) is 0 Å². The van der Waals surface area contributed by atoms with E-state index in [1.807, 2.05) is 13.8 Å². The largest absolute Gasteiger partial charge is 0.489 e. The van der Waals surface area contributed by atoms with Gasteiger partial charge in [0.05, 0.1) is 16.0 Å². The smallest absolute Gasteiger partial charge is 0.336 e. The molecule has 0 amide bonds. The molecule has 0 unspecified atom stereocenters. The molecular weight excluding hydrogens is 240 g/mol. The lowest BCUT2D eigenvalue weighted by molar-refractivity contribution is -0.384. The summed E-state index contributed by atoms with van der Waals surface area (Å²) in [7, 11) is 0. The van der Waals surface area contributed by atoms with Crippen molar-refractivity contribution in [2.75, 3.05) is 11.9 Å². The van der Waals surface area contributed by atoms with E-state index in [9.17, 15) is 14.9 Å². The van der Waals surface area contributed by atoms with Gasteiger partial charge in [-0.25, -0.2) is 4.79 Å². The first-order chi connectivity index (χ1) is 8.30. The minimum Gasteiger partial charge on any atom is -0.489 e. The number of ether oxygens (including phenoxy) is 1. The average molecular weight is 252 g/mol. The molecule has 18 heavy (non-hydrogen) atoms. The van der Waals surface area contributed by atoms with Crippen LogP contribution in [0, 0.1) is 10.1 Å². The fraction of sp³-hybridized carbons (Fsp3) is 0.364. The van der Waals surface area contributed by atoms with Gasteiger partial charge in [-0.15, -0.1) is 0 Å². The maximum atomic E-state index is 11.0. The predicted molar refractivity (Wildman–Crippen MR) is 63.3 cm³/mol. The number of hydrogen-bond donors (Lipinski definition) is 2. The highest BCUT2D eigenvalue weighted by Gasteiger charge is 2.32. The van der Waals surface area contributed by atoms with Gasteiger partial charge in [0.25, 0.3) is 5.69 Å². The minimum absolute atomic E-state index is 0.165. The third kappa shape index (κ3) is 2.06. The van der Waals surface area contributed by atoms with Gasteiger partial charge in [-0.1, -0.05) is 0 Å². The van der Waals surface area contributed by atoms with Gasteiger partial charge >= 0.3 is 5.97 Å². The zero-order valence-electron chi connectivity index (χ0n) is 9.89. The van der Waals surface area contributed by atoms with Crippen LogP contribution in [-0.4, -0.2) is 28.1 Å². The second kappa shape index (κ2) is 3.86. The monoisotopic (exact) mass is 252 g/mol. The first-order valence-electron chi connectivity index (χ1n) is 5.27. The third-order valence-electron chi connectivity index (χ3n) is 2.58. The Kier molecular flexibility index (Phi) is 2.61. The number of hydrogen-bond acceptors (Lipinski definition) is 5. The van der Waals surface area contributed by atoms with Crippen LogP contribution in [-0.2, 0) is 0 Å². The van der Waals surface area contributed by atoms with E-state index in [4.69, 9.17) is 9.84 Å². The van der Waals surface area contributed by atoms with Crippen LogP contribution in [0.25, 0.3) is 0 Å². The zero-order valence-corrected chi connectivity index (χ0v) is 9.89. The molecule has 0 bridgehead atoms. The van der Waals surface area contributed by atoms with Crippen molar-refractivity contribution in [2.45, 2.75) is 19.4 Å². The summed E-state index contributed by atoms with van der Waals surface area (Å²) >= 11 is 0. The third-order valence-corrected chi connectivity index (χ3v) is 2.58. The average Bonchev–Trinajstić information content (AvgIpc) is 2.26. The lowest BCUT2D eigenvalue weighted by Crippen LogP contribution is -2.41. The van der Waals surface area contributed by atoms with E-state index in [1.54, 1.807) is 0 Å². The van der Waals surface area contributed by atoms with E-state index in [0.29, 0.717) is 6.61 Å². The molecule has 1 aromatic carbocycles. The summed E-state index contributed by atoms with van der Waals surface area (Å²) in [5.74, 6) is -1.03. The number of carboxylic acid groups (broad SMARTS) is 1. The van der Waals surface area contributed by atoms with Crippen molar-refractivity contribution >= 4 is 17.3 Å². The second-order valence-electron chi connectivity index (χ2n) is 4.73. The molecule has 0 atom stereocenters.